The van der Waals surface area contributed by atoms with Crippen molar-refractivity contribution in [2.24, 2.45) is 10.9 Å². The number of hydrogen-bond acceptors (Lipinski definition) is 3. The lowest BCUT2D eigenvalue weighted by molar-refractivity contribution is 1.24. The Morgan fingerprint density at radius 2 is 1.76 bits per heavy atom. The van der Waals surface area contributed by atoms with Crippen LogP contribution in [-0.2, 0) is 0 Å². The largest absolute Gasteiger partial charge is 0.398 e. The molecule has 0 aromatic heterocycles. The highest BCUT2D eigenvalue weighted by Crippen LogP contribution is 2.21. The summed E-state index contributed by atoms with van der Waals surface area (Å²) in [7, 11) is 0. The first-order valence-electron chi connectivity index (χ1n) is 5.11. The van der Waals surface area contributed by atoms with Gasteiger partial charge in [0.15, 0.2) is 0 Å². The van der Waals surface area contributed by atoms with Crippen molar-refractivity contribution >= 4 is 27.3 Å². The minimum Gasteiger partial charge on any atom is -0.398 e. The van der Waals surface area contributed by atoms with E-state index in [4.69, 9.17) is 11.6 Å². The number of halogens is 1. The molecule has 2 rings (SSSR count). The molecule has 0 aliphatic carbocycles. The highest BCUT2D eigenvalue weighted by Gasteiger charge is 2.10. The molecule has 0 unspecified atom stereocenters. The average molecular weight is 290 g/mol. The van der Waals surface area contributed by atoms with Crippen LogP contribution in [0.25, 0.3) is 0 Å². The summed E-state index contributed by atoms with van der Waals surface area (Å²) >= 11 is 3.41. The van der Waals surface area contributed by atoms with Gasteiger partial charge in [-0.3, -0.25) is 0 Å². The first kappa shape index (κ1) is 11.7. The maximum atomic E-state index is 5.95. The topological polar surface area (TPSA) is 64.4 Å². The Balaban J connectivity index is 2.54. The van der Waals surface area contributed by atoms with Crippen molar-refractivity contribution < 1.29 is 0 Å². The van der Waals surface area contributed by atoms with Crippen LogP contribution in [0.15, 0.2) is 58.1 Å². The van der Waals surface area contributed by atoms with Crippen LogP contribution in [0.3, 0.4) is 0 Å². The summed E-state index contributed by atoms with van der Waals surface area (Å²) in [6.07, 6.45) is 0. The predicted octanol–water partition coefficient (Wildman–Crippen LogP) is 2.74. The van der Waals surface area contributed by atoms with Crippen LogP contribution in [0.5, 0.6) is 0 Å². The van der Waals surface area contributed by atoms with E-state index in [1.54, 1.807) is 0 Å². The Hall–Kier alpha value is -1.81. The monoisotopic (exact) mass is 289 g/mol. The molecule has 3 nitrogen and oxygen atoms in total. The van der Waals surface area contributed by atoms with Crippen molar-refractivity contribution in [3.05, 3.63) is 64.1 Å². The lowest BCUT2D eigenvalue weighted by Gasteiger charge is -2.09. The summed E-state index contributed by atoms with van der Waals surface area (Å²) < 4.78 is 0.943. The molecule has 0 bridgehead atoms. The van der Waals surface area contributed by atoms with Gasteiger partial charge in [0.1, 0.15) is 0 Å². The van der Waals surface area contributed by atoms with Gasteiger partial charge in [0.25, 0.3) is 0 Å². The zero-order valence-electron chi connectivity index (χ0n) is 9.10. The molecule has 4 N–H and O–H groups in total. The van der Waals surface area contributed by atoms with Gasteiger partial charge in [0, 0.05) is 21.3 Å². The number of hydrogen-bond donors (Lipinski definition) is 2. The molecule has 4 heteroatoms. The highest BCUT2D eigenvalue weighted by atomic mass is 79.9. The minimum absolute atomic E-state index is 0.654. The van der Waals surface area contributed by atoms with Crippen LogP contribution in [0, 0.1) is 0 Å². The third-order valence-electron chi connectivity index (χ3n) is 2.45. The van der Waals surface area contributed by atoms with E-state index < -0.39 is 0 Å². The van der Waals surface area contributed by atoms with Crippen molar-refractivity contribution in [2.45, 2.75) is 0 Å². The zero-order valence-corrected chi connectivity index (χ0v) is 10.7. The Morgan fingerprint density at radius 1 is 1.06 bits per heavy atom. The summed E-state index contributed by atoms with van der Waals surface area (Å²) in [6.45, 7) is 0. The number of anilines is 1. The molecular weight excluding hydrogens is 278 g/mol. The van der Waals surface area contributed by atoms with Gasteiger partial charge >= 0.3 is 0 Å². The molecule has 0 amide bonds. The smallest absolute Gasteiger partial charge is 0.0992 e. The number of nitrogen functional groups attached to an aromatic ring is 1. The van der Waals surface area contributed by atoms with Gasteiger partial charge in [-0.1, -0.05) is 46.3 Å². The SMILES string of the molecule is N/N=C(\c1ccccc1)c1cc(Br)ccc1N. The second-order valence-electron chi connectivity index (χ2n) is 3.58. The number of nitrogens with two attached hydrogens (primary N) is 2. The van der Waals surface area contributed by atoms with E-state index >= 15 is 0 Å². The lowest BCUT2D eigenvalue weighted by atomic mass is 10.0. The van der Waals surface area contributed by atoms with Crippen LogP contribution >= 0.6 is 15.9 Å². The van der Waals surface area contributed by atoms with Gasteiger partial charge in [-0.15, -0.1) is 0 Å². The lowest BCUT2D eigenvalue weighted by Crippen LogP contribution is -2.09. The van der Waals surface area contributed by atoms with Gasteiger partial charge in [0.2, 0.25) is 0 Å². The molecule has 0 spiro atoms. The molecular formula is C13H12BrN3. The van der Waals surface area contributed by atoms with E-state index in [1.165, 1.54) is 0 Å². The third-order valence-corrected chi connectivity index (χ3v) is 2.94. The number of nitrogens with zero attached hydrogens (tertiary/aromatic N) is 1. The molecule has 2 aromatic carbocycles. The first-order chi connectivity index (χ1) is 8.22. The average Bonchev–Trinajstić information content (AvgIpc) is 2.36. The number of hydrazone groups is 1. The van der Waals surface area contributed by atoms with Gasteiger partial charge < -0.3 is 11.6 Å². The number of rotatable bonds is 2. The molecule has 2 aromatic rings. The fraction of sp³-hybridized carbons (Fsp3) is 0. The summed E-state index contributed by atoms with van der Waals surface area (Å²) in [5, 5.41) is 3.85. The van der Waals surface area contributed by atoms with E-state index in [-0.39, 0.29) is 0 Å². The summed E-state index contributed by atoms with van der Waals surface area (Å²) in [5.41, 5.74) is 9.06. The van der Waals surface area contributed by atoms with Gasteiger partial charge in [-0.2, -0.15) is 5.10 Å². The Bertz CT molecular complexity index is 550. The molecule has 0 saturated carbocycles. The Labute approximate surface area is 108 Å². The maximum Gasteiger partial charge on any atom is 0.0992 e. The Morgan fingerprint density at radius 3 is 2.41 bits per heavy atom. The van der Waals surface area contributed by atoms with Crippen LogP contribution in [0.4, 0.5) is 5.69 Å². The van der Waals surface area contributed by atoms with Crippen molar-refractivity contribution in [2.75, 3.05) is 5.73 Å². The van der Waals surface area contributed by atoms with Crippen LogP contribution < -0.4 is 11.6 Å². The van der Waals surface area contributed by atoms with Crippen LogP contribution in [-0.4, -0.2) is 5.71 Å². The molecule has 0 radical (unpaired) electrons. The maximum absolute atomic E-state index is 5.95. The fourth-order valence-electron chi connectivity index (χ4n) is 1.63. The third kappa shape index (κ3) is 2.47. The van der Waals surface area contributed by atoms with Gasteiger partial charge in [-0.05, 0) is 18.2 Å². The standard InChI is InChI=1S/C13H12BrN3/c14-10-6-7-12(15)11(8-10)13(17-16)9-4-2-1-3-5-9/h1-8H,15-16H2/b17-13+. The summed E-state index contributed by atoms with van der Waals surface area (Å²) in [4.78, 5) is 0. The molecule has 0 saturated heterocycles. The first-order valence-corrected chi connectivity index (χ1v) is 5.90. The van der Waals surface area contributed by atoms with Crippen LogP contribution in [0.1, 0.15) is 11.1 Å². The molecule has 0 heterocycles. The van der Waals surface area contributed by atoms with Crippen molar-refractivity contribution in [1.82, 2.24) is 0 Å². The molecule has 17 heavy (non-hydrogen) atoms. The van der Waals surface area contributed by atoms with Crippen molar-refractivity contribution in [3.8, 4) is 0 Å². The highest BCUT2D eigenvalue weighted by molar-refractivity contribution is 9.10. The second-order valence-corrected chi connectivity index (χ2v) is 4.49. The van der Waals surface area contributed by atoms with Crippen LogP contribution in [0.2, 0.25) is 0 Å². The summed E-state index contributed by atoms with van der Waals surface area (Å²) in [6, 6.07) is 15.4. The summed E-state index contributed by atoms with van der Waals surface area (Å²) in [5.74, 6) is 5.47. The molecule has 0 atom stereocenters. The van der Waals surface area contributed by atoms with Crippen molar-refractivity contribution in [1.29, 1.82) is 0 Å². The fourth-order valence-corrected chi connectivity index (χ4v) is 1.99. The van der Waals surface area contributed by atoms with Crippen molar-refractivity contribution in [3.63, 3.8) is 0 Å². The molecule has 86 valence electrons. The molecule has 0 fully saturated rings. The van der Waals surface area contributed by atoms with E-state index in [2.05, 4.69) is 21.0 Å². The minimum atomic E-state index is 0.654. The Kier molecular flexibility index (Phi) is 3.44. The van der Waals surface area contributed by atoms with E-state index in [1.807, 2.05) is 48.5 Å². The van der Waals surface area contributed by atoms with Gasteiger partial charge in [-0.25, -0.2) is 0 Å². The second kappa shape index (κ2) is 5.01. The quantitative estimate of drug-likeness (QED) is 0.386. The van der Waals surface area contributed by atoms with E-state index in [0.29, 0.717) is 11.4 Å². The van der Waals surface area contributed by atoms with E-state index in [0.717, 1.165) is 15.6 Å². The van der Waals surface area contributed by atoms with Gasteiger partial charge in [0.05, 0.1) is 5.71 Å². The number of benzene rings is 2. The molecule has 0 aliphatic heterocycles. The molecule has 0 aliphatic rings. The van der Waals surface area contributed by atoms with E-state index in [9.17, 15) is 0 Å². The zero-order chi connectivity index (χ0) is 12.3. The predicted molar refractivity (Wildman–Crippen MR) is 74.8 cm³/mol. The normalized spacial score (nSPS) is 11.5.